The molecule has 0 saturated heterocycles. The molecule has 1 aromatic heterocycles. The summed E-state index contributed by atoms with van der Waals surface area (Å²) >= 11 is 0. The minimum absolute atomic E-state index is 0.201. The molecule has 0 bridgehead atoms. The van der Waals surface area contributed by atoms with E-state index in [9.17, 15) is 4.79 Å². The van der Waals surface area contributed by atoms with Gasteiger partial charge in [-0.15, -0.1) is 0 Å². The van der Waals surface area contributed by atoms with E-state index in [1.807, 2.05) is 36.5 Å². The van der Waals surface area contributed by atoms with Crippen LogP contribution in [0.25, 0.3) is 0 Å². The Morgan fingerprint density at radius 3 is 2.74 bits per heavy atom. The summed E-state index contributed by atoms with van der Waals surface area (Å²) < 4.78 is 7.43. The largest absolute Gasteiger partial charge is 0.444 e. The first-order chi connectivity index (χ1) is 10.8. The summed E-state index contributed by atoms with van der Waals surface area (Å²) in [5, 5.41) is 7.76. The fourth-order valence-corrected chi connectivity index (χ4v) is 2.43. The highest BCUT2D eigenvalue weighted by Gasteiger charge is 2.34. The number of aryl methyl sites for hydroxylation is 1. The molecule has 1 unspecified atom stereocenters. The molecule has 1 heterocycles. The molecular weight excluding hydrogens is 292 g/mol. The Balaban J connectivity index is 1.81. The Bertz CT molecular complexity index is 517. The Morgan fingerprint density at radius 1 is 1.52 bits per heavy atom. The van der Waals surface area contributed by atoms with Gasteiger partial charge in [0.15, 0.2) is 0 Å². The van der Waals surface area contributed by atoms with E-state index in [0.717, 1.165) is 25.9 Å². The quantitative estimate of drug-likeness (QED) is 0.838. The summed E-state index contributed by atoms with van der Waals surface area (Å²) in [4.78, 5) is 14.2. The number of amides is 1. The molecule has 1 fully saturated rings. The summed E-state index contributed by atoms with van der Waals surface area (Å²) in [7, 11) is 0. The molecule has 0 aromatic carbocycles. The predicted octanol–water partition coefficient (Wildman–Crippen LogP) is 2.95. The highest BCUT2D eigenvalue weighted by Crippen LogP contribution is 2.28. The van der Waals surface area contributed by atoms with Gasteiger partial charge in [-0.2, -0.15) is 5.10 Å². The van der Waals surface area contributed by atoms with Gasteiger partial charge in [-0.1, -0.05) is 0 Å². The molecule has 1 aliphatic rings. The fourth-order valence-electron chi connectivity index (χ4n) is 2.43. The van der Waals surface area contributed by atoms with E-state index in [4.69, 9.17) is 4.74 Å². The van der Waals surface area contributed by atoms with Gasteiger partial charge < -0.3 is 15.0 Å². The van der Waals surface area contributed by atoms with E-state index < -0.39 is 5.60 Å². The fraction of sp³-hybridized carbons (Fsp3) is 0.765. The lowest BCUT2D eigenvalue weighted by Gasteiger charge is -2.28. The number of ether oxygens (including phenoxy) is 1. The first-order valence-electron chi connectivity index (χ1n) is 8.55. The number of hydrogen-bond donors (Lipinski definition) is 1. The average molecular weight is 322 g/mol. The van der Waals surface area contributed by atoms with Crippen LogP contribution < -0.4 is 5.32 Å². The van der Waals surface area contributed by atoms with E-state index in [-0.39, 0.29) is 12.1 Å². The van der Waals surface area contributed by atoms with Crippen molar-refractivity contribution >= 4 is 6.09 Å². The minimum atomic E-state index is -0.445. The van der Waals surface area contributed by atoms with E-state index in [1.54, 1.807) is 0 Å². The highest BCUT2D eigenvalue weighted by molar-refractivity contribution is 5.69. The van der Waals surface area contributed by atoms with Crippen molar-refractivity contribution < 1.29 is 9.53 Å². The topological polar surface area (TPSA) is 59.4 Å². The van der Waals surface area contributed by atoms with Crippen molar-refractivity contribution in [1.29, 1.82) is 0 Å². The van der Waals surface area contributed by atoms with Gasteiger partial charge in [0, 0.05) is 43.5 Å². The molecule has 6 nitrogen and oxygen atoms in total. The van der Waals surface area contributed by atoms with Crippen molar-refractivity contribution in [2.24, 2.45) is 0 Å². The highest BCUT2D eigenvalue weighted by atomic mass is 16.6. The molecule has 130 valence electrons. The third-order valence-corrected chi connectivity index (χ3v) is 3.90. The zero-order valence-electron chi connectivity index (χ0n) is 15.0. The normalized spacial score (nSPS) is 16.2. The Hall–Kier alpha value is -1.56. The Morgan fingerprint density at radius 2 is 2.22 bits per heavy atom. The van der Waals surface area contributed by atoms with E-state index in [1.165, 1.54) is 5.56 Å². The van der Waals surface area contributed by atoms with Crippen LogP contribution in [0.2, 0.25) is 0 Å². The van der Waals surface area contributed by atoms with Crippen molar-refractivity contribution in [2.75, 3.05) is 13.1 Å². The van der Waals surface area contributed by atoms with Crippen LogP contribution in [0.5, 0.6) is 0 Å². The van der Waals surface area contributed by atoms with Crippen molar-refractivity contribution in [3.05, 3.63) is 18.0 Å². The molecule has 2 rings (SSSR count). The molecule has 1 atom stereocenters. The summed E-state index contributed by atoms with van der Waals surface area (Å²) in [5.41, 5.74) is 0.724. The molecule has 0 radical (unpaired) electrons. The van der Waals surface area contributed by atoms with Gasteiger partial charge >= 0.3 is 6.09 Å². The number of nitrogens with zero attached hydrogens (tertiary/aromatic N) is 3. The van der Waals surface area contributed by atoms with E-state index in [2.05, 4.69) is 30.5 Å². The second-order valence-electron chi connectivity index (χ2n) is 7.21. The zero-order valence-corrected chi connectivity index (χ0v) is 15.0. The predicted molar refractivity (Wildman–Crippen MR) is 90.3 cm³/mol. The van der Waals surface area contributed by atoms with Crippen LogP contribution in [-0.4, -0.2) is 45.5 Å². The third kappa shape index (κ3) is 5.53. The van der Waals surface area contributed by atoms with E-state index >= 15 is 0 Å². The second-order valence-corrected chi connectivity index (χ2v) is 7.21. The van der Waals surface area contributed by atoms with Gasteiger partial charge in [-0.25, -0.2) is 4.79 Å². The van der Waals surface area contributed by atoms with Crippen molar-refractivity contribution in [2.45, 2.75) is 71.7 Å². The second kappa shape index (κ2) is 7.34. The number of hydrogen-bond acceptors (Lipinski definition) is 4. The average Bonchev–Trinajstić information content (AvgIpc) is 3.17. The standard InChI is InChI=1S/C17H30N4O2/c1-6-20-12-14(11-19-20)13(2)18-9-10-21(15-7-8-15)16(22)23-17(3,4)5/h11-13,15,18H,6-10H2,1-5H3. The first-order valence-corrected chi connectivity index (χ1v) is 8.55. The molecule has 1 amide bonds. The lowest BCUT2D eigenvalue weighted by atomic mass is 10.2. The zero-order chi connectivity index (χ0) is 17.0. The van der Waals surface area contributed by atoms with Crippen molar-refractivity contribution in [1.82, 2.24) is 20.0 Å². The van der Waals surface area contributed by atoms with Gasteiger partial charge in [0.25, 0.3) is 0 Å². The van der Waals surface area contributed by atoms with Gasteiger partial charge in [0.05, 0.1) is 6.20 Å². The van der Waals surface area contributed by atoms with Crippen LogP contribution in [0.4, 0.5) is 4.79 Å². The maximum atomic E-state index is 12.3. The van der Waals surface area contributed by atoms with Crippen LogP contribution in [0.1, 0.15) is 59.1 Å². The number of aromatic nitrogens is 2. The Kier molecular flexibility index (Phi) is 5.68. The summed E-state index contributed by atoms with van der Waals surface area (Å²) in [5.74, 6) is 0. The molecule has 1 aliphatic carbocycles. The summed E-state index contributed by atoms with van der Waals surface area (Å²) in [6.45, 7) is 12.2. The van der Waals surface area contributed by atoms with Crippen LogP contribution >= 0.6 is 0 Å². The lowest BCUT2D eigenvalue weighted by Crippen LogP contribution is -2.42. The van der Waals surface area contributed by atoms with Gasteiger partial charge in [0.2, 0.25) is 0 Å². The van der Waals surface area contributed by atoms with Gasteiger partial charge in [-0.05, 0) is 47.5 Å². The van der Waals surface area contributed by atoms with Crippen LogP contribution in [0.3, 0.4) is 0 Å². The van der Waals surface area contributed by atoms with Crippen molar-refractivity contribution in [3.63, 3.8) is 0 Å². The monoisotopic (exact) mass is 322 g/mol. The summed E-state index contributed by atoms with van der Waals surface area (Å²) in [6.07, 6.45) is 5.92. The Labute approximate surface area is 139 Å². The SMILES string of the molecule is CCn1cc(C(C)NCCN(C(=O)OC(C)(C)C)C2CC2)cn1. The lowest BCUT2D eigenvalue weighted by molar-refractivity contribution is 0.0235. The maximum Gasteiger partial charge on any atom is 0.410 e. The molecule has 6 heteroatoms. The molecule has 1 aromatic rings. The van der Waals surface area contributed by atoms with Crippen LogP contribution in [0, 0.1) is 0 Å². The van der Waals surface area contributed by atoms with Crippen molar-refractivity contribution in [3.8, 4) is 0 Å². The third-order valence-electron chi connectivity index (χ3n) is 3.90. The number of rotatable bonds is 7. The molecule has 0 aliphatic heterocycles. The molecule has 1 N–H and O–H groups in total. The number of nitrogens with one attached hydrogen (secondary N) is 1. The van der Waals surface area contributed by atoms with Gasteiger partial charge in [0.1, 0.15) is 5.60 Å². The van der Waals surface area contributed by atoms with Gasteiger partial charge in [-0.3, -0.25) is 4.68 Å². The number of carbonyl (C=O) groups excluding carboxylic acids is 1. The van der Waals surface area contributed by atoms with Crippen LogP contribution in [0.15, 0.2) is 12.4 Å². The smallest absolute Gasteiger partial charge is 0.410 e. The van der Waals surface area contributed by atoms with Crippen LogP contribution in [-0.2, 0) is 11.3 Å². The van der Waals surface area contributed by atoms with E-state index in [0.29, 0.717) is 12.6 Å². The molecular formula is C17H30N4O2. The minimum Gasteiger partial charge on any atom is -0.444 e. The maximum absolute atomic E-state index is 12.3. The molecule has 23 heavy (non-hydrogen) atoms. The molecule has 0 spiro atoms. The summed E-state index contributed by atoms with van der Waals surface area (Å²) in [6, 6.07) is 0.569. The first kappa shape index (κ1) is 17.8. The molecule has 1 saturated carbocycles. The number of carbonyl (C=O) groups is 1.